The average molecular weight is 374 g/mol. The summed E-state index contributed by atoms with van der Waals surface area (Å²) in [7, 11) is 0. The maximum absolute atomic E-state index is 12.5. The number of hydrogen-bond donors (Lipinski definition) is 1. The third kappa shape index (κ3) is 4.46. The second-order valence-electron chi connectivity index (χ2n) is 6.33. The van der Waals surface area contributed by atoms with Gasteiger partial charge >= 0.3 is 0 Å². The largest absolute Gasteiger partial charge is 0.319 e. The Bertz CT molecular complexity index is 758. The van der Waals surface area contributed by atoms with Gasteiger partial charge < -0.3 is 5.32 Å². The average Bonchev–Trinajstić information content (AvgIpc) is 3.15. The molecular weight excluding hydrogens is 352 g/mol. The lowest BCUT2D eigenvalue weighted by molar-refractivity contribution is -0.383. The number of hydrogen-bond acceptors (Lipinski definition) is 6. The molecule has 138 valence electrons. The molecule has 2 aromatic rings. The van der Waals surface area contributed by atoms with E-state index in [-0.39, 0.29) is 23.3 Å². The van der Waals surface area contributed by atoms with E-state index in [1.54, 1.807) is 29.5 Å². The van der Waals surface area contributed by atoms with Crippen molar-refractivity contribution in [2.75, 3.05) is 31.5 Å². The Morgan fingerprint density at radius 2 is 1.96 bits per heavy atom. The van der Waals surface area contributed by atoms with Gasteiger partial charge in [0.1, 0.15) is 5.69 Å². The number of carbonyl (C=O) groups excluding carboxylic acids is 1. The summed E-state index contributed by atoms with van der Waals surface area (Å²) in [6, 6.07) is 10.1. The summed E-state index contributed by atoms with van der Waals surface area (Å²) in [5.41, 5.74) is 0.152. The van der Waals surface area contributed by atoms with Gasteiger partial charge in [0, 0.05) is 43.7 Å². The number of piperazine rings is 1. The zero-order valence-electron chi connectivity index (χ0n) is 14.6. The van der Waals surface area contributed by atoms with Crippen molar-refractivity contribution < 1.29 is 9.72 Å². The van der Waals surface area contributed by atoms with E-state index in [4.69, 9.17) is 0 Å². The highest BCUT2D eigenvalue weighted by atomic mass is 32.1. The Hall–Kier alpha value is -2.29. The van der Waals surface area contributed by atoms with Crippen LogP contribution in [-0.2, 0) is 11.3 Å². The minimum absolute atomic E-state index is 0.0891. The van der Waals surface area contributed by atoms with Crippen LogP contribution in [-0.4, -0.2) is 52.9 Å². The highest BCUT2D eigenvalue weighted by Crippen LogP contribution is 2.23. The predicted octanol–water partition coefficient (Wildman–Crippen LogP) is 2.80. The number of anilines is 1. The van der Waals surface area contributed by atoms with Gasteiger partial charge in [-0.3, -0.25) is 24.7 Å². The Morgan fingerprint density at radius 1 is 1.23 bits per heavy atom. The van der Waals surface area contributed by atoms with Crippen molar-refractivity contribution in [3.05, 3.63) is 56.8 Å². The van der Waals surface area contributed by atoms with Crippen LogP contribution in [0.4, 0.5) is 11.4 Å². The minimum atomic E-state index is -0.483. The normalized spacial score (nSPS) is 17.0. The number of carbonyl (C=O) groups is 1. The predicted molar refractivity (Wildman–Crippen MR) is 102 cm³/mol. The van der Waals surface area contributed by atoms with E-state index in [0.29, 0.717) is 0 Å². The molecule has 1 aliphatic heterocycles. The standard InChI is InChI=1S/C18H22N4O3S/c1-14(18(23)19-16-6-2-3-7-17(16)22(24)25)21-10-8-20(9-11-21)13-15-5-4-12-26-15/h2-7,12,14H,8-11,13H2,1H3,(H,19,23)/t14-/m0/s1. The summed E-state index contributed by atoms with van der Waals surface area (Å²) in [5, 5.41) is 15.9. The van der Waals surface area contributed by atoms with E-state index in [2.05, 4.69) is 32.6 Å². The molecule has 1 N–H and O–H groups in total. The van der Waals surface area contributed by atoms with Crippen molar-refractivity contribution in [2.45, 2.75) is 19.5 Å². The lowest BCUT2D eigenvalue weighted by Gasteiger charge is -2.37. The van der Waals surface area contributed by atoms with Crippen LogP contribution >= 0.6 is 11.3 Å². The lowest BCUT2D eigenvalue weighted by Crippen LogP contribution is -2.52. The summed E-state index contributed by atoms with van der Waals surface area (Å²) in [6.07, 6.45) is 0. The molecule has 0 saturated carbocycles. The Balaban J connectivity index is 1.54. The molecule has 0 aliphatic carbocycles. The number of para-hydroxylation sites is 2. The zero-order chi connectivity index (χ0) is 18.5. The van der Waals surface area contributed by atoms with Gasteiger partial charge in [0.25, 0.3) is 5.69 Å². The molecule has 26 heavy (non-hydrogen) atoms. The minimum Gasteiger partial charge on any atom is -0.319 e. The quantitative estimate of drug-likeness (QED) is 0.621. The number of rotatable bonds is 6. The van der Waals surface area contributed by atoms with E-state index in [1.165, 1.54) is 10.9 Å². The highest BCUT2D eigenvalue weighted by Gasteiger charge is 2.27. The molecule has 2 heterocycles. The molecule has 1 fully saturated rings. The Labute approximate surface area is 156 Å². The summed E-state index contributed by atoms with van der Waals surface area (Å²) in [4.78, 5) is 29.0. The van der Waals surface area contributed by atoms with Crippen LogP contribution in [0, 0.1) is 10.1 Å². The summed E-state index contributed by atoms with van der Waals surface area (Å²) in [6.45, 7) is 6.21. The van der Waals surface area contributed by atoms with Crippen molar-refractivity contribution in [3.63, 3.8) is 0 Å². The number of benzene rings is 1. The van der Waals surface area contributed by atoms with E-state index in [9.17, 15) is 14.9 Å². The fourth-order valence-electron chi connectivity index (χ4n) is 3.07. The molecule has 0 radical (unpaired) electrons. The SMILES string of the molecule is C[C@@H](C(=O)Nc1ccccc1[N+](=O)[O-])N1CCN(Cc2cccs2)CC1. The van der Waals surface area contributed by atoms with Crippen LogP contribution in [0.1, 0.15) is 11.8 Å². The van der Waals surface area contributed by atoms with Gasteiger partial charge in [-0.25, -0.2) is 0 Å². The molecule has 1 aromatic heterocycles. The molecule has 8 heteroatoms. The van der Waals surface area contributed by atoms with E-state index >= 15 is 0 Å². The van der Waals surface area contributed by atoms with Gasteiger partial charge in [-0.2, -0.15) is 0 Å². The number of nitro benzene ring substituents is 1. The molecule has 0 spiro atoms. The third-order valence-electron chi connectivity index (χ3n) is 4.65. The molecule has 7 nitrogen and oxygen atoms in total. The van der Waals surface area contributed by atoms with Crippen molar-refractivity contribution in [1.82, 2.24) is 9.80 Å². The molecular formula is C18H22N4O3S. The first-order valence-electron chi connectivity index (χ1n) is 8.57. The number of nitrogens with zero attached hydrogens (tertiary/aromatic N) is 3. The molecule has 1 aromatic carbocycles. The van der Waals surface area contributed by atoms with Gasteiger partial charge in [0.05, 0.1) is 11.0 Å². The number of amides is 1. The van der Waals surface area contributed by atoms with Crippen molar-refractivity contribution in [1.29, 1.82) is 0 Å². The van der Waals surface area contributed by atoms with Crippen LogP contribution in [0.25, 0.3) is 0 Å². The van der Waals surface area contributed by atoms with Gasteiger partial charge in [0.15, 0.2) is 0 Å². The third-order valence-corrected chi connectivity index (χ3v) is 5.51. The molecule has 1 amide bonds. The molecule has 1 saturated heterocycles. The van der Waals surface area contributed by atoms with E-state index in [0.717, 1.165) is 32.7 Å². The van der Waals surface area contributed by atoms with Crippen LogP contribution in [0.2, 0.25) is 0 Å². The fourth-order valence-corrected chi connectivity index (χ4v) is 3.82. The smallest absolute Gasteiger partial charge is 0.292 e. The lowest BCUT2D eigenvalue weighted by atomic mass is 10.2. The zero-order valence-corrected chi connectivity index (χ0v) is 15.4. The van der Waals surface area contributed by atoms with E-state index in [1.807, 2.05) is 6.92 Å². The maximum Gasteiger partial charge on any atom is 0.292 e. The van der Waals surface area contributed by atoms with Crippen molar-refractivity contribution >= 4 is 28.6 Å². The number of nitrogens with one attached hydrogen (secondary N) is 1. The van der Waals surface area contributed by atoms with Gasteiger partial charge in [-0.15, -0.1) is 11.3 Å². The van der Waals surface area contributed by atoms with Gasteiger partial charge in [-0.1, -0.05) is 18.2 Å². The summed E-state index contributed by atoms with van der Waals surface area (Å²) in [5.74, 6) is -0.217. The number of nitro groups is 1. The van der Waals surface area contributed by atoms with Crippen LogP contribution < -0.4 is 5.32 Å². The second kappa shape index (κ2) is 8.39. The summed E-state index contributed by atoms with van der Waals surface area (Å²) < 4.78 is 0. The Kier molecular flexibility index (Phi) is 5.97. The Morgan fingerprint density at radius 3 is 2.62 bits per heavy atom. The van der Waals surface area contributed by atoms with Crippen LogP contribution in [0.3, 0.4) is 0 Å². The first-order chi connectivity index (χ1) is 12.5. The highest BCUT2D eigenvalue weighted by molar-refractivity contribution is 7.09. The molecule has 3 rings (SSSR count). The van der Waals surface area contributed by atoms with Crippen LogP contribution in [0.15, 0.2) is 41.8 Å². The topological polar surface area (TPSA) is 78.7 Å². The first-order valence-corrected chi connectivity index (χ1v) is 9.45. The molecule has 0 unspecified atom stereocenters. The molecule has 1 atom stereocenters. The van der Waals surface area contributed by atoms with Gasteiger partial charge in [0.2, 0.25) is 5.91 Å². The first kappa shape index (κ1) is 18.5. The monoisotopic (exact) mass is 374 g/mol. The molecule has 1 aliphatic rings. The van der Waals surface area contributed by atoms with Crippen molar-refractivity contribution in [2.24, 2.45) is 0 Å². The van der Waals surface area contributed by atoms with Crippen LogP contribution in [0.5, 0.6) is 0 Å². The maximum atomic E-state index is 12.5. The van der Waals surface area contributed by atoms with Crippen molar-refractivity contribution in [3.8, 4) is 0 Å². The van der Waals surface area contributed by atoms with E-state index < -0.39 is 4.92 Å². The second-order valence-corrected chi connectivity index (χ2v) is 7.36. The molecule has 0 bridgehead atoms. The summed E-state index contributed by atoms with van der Waals surface area (Å²) >= 11 is 1.76. The fraction of sp³-hybridized carbons (Fsp3) is 0.389. The van der Waals surface area contributed by atoms with Gasteiger partial charge in [-0.05, 0) is 24.4 Å². The number of thiophene rings is 1.